The van der Waals surface area contributed by atoms with Crippen LogP contribution in [0, 0.1) is 0 Å². The lowest BCUT2D eigenvalue weighted by Crippen LogP contribution is -2.25. The molecule has 5 nitrogen and oxygen atoms in total. The molecule has 0 fully saturated rings. The number of nitrogens with one attached hydrogen (secondary N) is 2. The van der Waals surface area contributed by atoms with E-state index in [2.05, 4.69) is 10.6 Å². The van der Waals surface area contributed by atoms with Gasteiger partial charge < -0.3 is 15.1 Å². The number of carbonyl (C=O) groups excluding carboxylic acids is 2. The number of benzene rings is 1. The van der Waals surface area contributed by atoms with Crippen LogP contribution in [0.3, 0.4) is 0 Å². The molecule has 102 valence electrons. The van der Waals surface area contributed by atoms with Gasteiger partial charge in [-0.3, -0.25) is 9.59 Å². The molecule has 2 N–H and O–H groups in total. The van der Waals surface area contributed by atoms with Gasteiger partial charge in [-0.15, -0.1) is 0 Å². The van der Waals surface area contributed by atoms with Crippen molar-refractivity contribution in [3.8, 4) is 0 Å². The minimum Gasteiger partial charge on any atom is -0.469 e. The van der Waals surface area contributed by atoms with Crippen LogP contribution in [0.25, 0.3) is 0 Å². The molecule has 1 aliphatic rings. The average molecular weight is 270 g/mol. The summed E-state index contributed by atoms with van der Waals surface area (Å²) >= 11 is 0. The van der Waals surface area contributed by atoms with Crippen LogP contribution in [0.2, 0.25) is 0 Å². The van der Waals surface area contributed by atoms with Crippen molar-refractivity contribution in [1.82, 2.24) is 5.32 Å². The van der Waals surface area contributed by atoms with Crippen molar-refractivity contribution in [1.29, 1.82) is 0 Å². The van der Waals surface area contributed by atoms with Crippen LogP contribution in [0.1, 0.15) is 21.7 Å². The second kappa shape index (κ2) is 5.21. The Morgan fingerprint density at radius 2 is 2.25 bits per heavy atom. The van der Waals surface area contributed by atoms with E-state index in [0.717, 1.165) is 17.0 Å². The van der Waals surface area contributed by atoms with Crippen molar-refractivity contribution >= 4 is 17.5 Å². The molecule has 0 radical (unpaired) electrons. The molecule has 0 atom stereocenters. The highest BCUT2D eigenvalue weighted by Gasteiger charge is 2.18. The Bertz CT molecular complexity index is 647. The van der Waals surface area contributed by atoms with Crippen molar-refractivity contribution < 1.29 is 14.0 Å². The molecular formula is C15H14N2O3. The summed E-state index contributed by atoms with van der Waals surface area (Å²) in [6, 6.07) is 8.95. The van der Waals surface area contributed by atoms with Gasteiger partial charge in [0.1, 0.15) is 5.76 Å². The molecule has 2 heterocycles. The van der Waals surface area contributed by atoms with E-state index in [1.165, 1.54) is 0 Å². The topological polar surface area (TPSA) is 71.3 Å². The number of fused-ring (bicyclic) bond motifs is 1. The van der Waals surface area contributed by atoms with Gasteiger partial charge >= 0.3 is 0 Å². The first-order valence-corrected chi connectivity index (χ1v) is 6.46. The van der Waals surface area contributed by atoms with Crippen molar-refractivity contribution in [2.24, 2.45) is 0 Å². The van der Waals surface area contributed by atoms with Crippen LogP contribution in [-0.4, -0.2) is 18.4 Å². The molecule has 2 amide bonds. The summed E-state index contributed by atoms with van der Waals surface area (Å²) in [5, 5.41) is 5.57. The third kappa shape index (κ3) is 2.56. The lowest BCUT2D eigenvalue weighted by molar-refractivity contribution is -0.115. The van der Waals surface area contributed by atoms with Gasteiger partial charge in [0.25, 0.3) is 5.91 Å². The fourth-order valence-electron chi connectivity index (χ4n) is 2.21. The zero-order chi connectivity index (χ0) is 13.9. The Morgan fingerprint density at radius 3 is 3.05 bits per heavy atom. The normalized spacial score (nSPS) is 12.9. The van der Waals surface area contributed by atoms with Gasteiger partial charge in [-0.25, -0.2) is 0 Å². The number of furan rings is 1. The lowest BCUT2D eigenvalue weighted by atomic mass is 10.1. The van der Waals surface area contributed by atoms with Crippen molar-refractivity contribution in [2.75, 3.05) is 11.9 Å². The summed E-state index contributed by atoms with van der Waals surface area (Å²) in [5.74, 6) is 0.655. The molecule has 3 rings (SSSR count). The van der Waals surface area contributed by atoms with E-state index in [1.807, 2.05) is 18.2 Å². The molecule has 0 unspecified atom stereocenters. The lowest BCUT2D eigenvalue weighted by Gasteiger charge is -2.06. The summed E-state index contributed by atoms with van der Waals surface area (Å²) in [6.45, 7) is 0.510. The minimum absolute atomic E-state index is 0.0321. The summed E-state index contributed by atoms with van der Waals surface area (Å²) in [6.07, 6.45) is 2.65. The Hall–Kier alpha value is -2.56. The summed E-state index contributed by atoms with van der Waals surface area (Å²) in [7, 11) is 0. The highest BCUT2D eigenvalue weighted by Crippen LogP contribution is 2.23. The molecule has 2 aromatic rings. The first-order chi connectivity index (χ1) is 9.72. The maximum absolute atomic E-state index is 12.0. The van der Waals surface area contributed by atoms with Crippen LogP contribution >= 0.6 is 0 Å². The predicted molar refractivity (Wildman–Crippen MR) is 73.5 cm³/mol. The summed E-state index contributed by atoms with van der Waals surface area (Å²) < 4.78 is 5.19. The Labute approximate surface area is 116 Å². The van der Waals surface area contributed by atoms with Gasteiger partial charge in [-0.1, -0.05) is 6.07 Å². The van der Waals surface area contributed by atoms with Crippen LogP contribution in [0.5, 0.6) is 0 Å². The first-order valence-electron chi connectivity index (χ1n) is 6.46. The number of rotatable bonds is 4. The maximum Gasteiger partial charge on any atom is 0.251 e. The van der Waals surface area contributed by atoms with E-state index in [9.17, 15) is 9.59 Å². The quantitative estimate of drug-likeness (QED) is 0.889. The zero-order valence-corrected chi connectivity index (χ0v) is 10.8. The van der Waals surface area contributed by atoms with Crippen LogP contribution in [-0.2, 0) is 17.6 Å². The molecule has 1 aromatic heterocycles. The zero-order valence-electron chi connectivity index (χ0n) is 10.8. The Balaban J connectivity index is 1.60. The van der Waals surface area contributed by atoms with Gasteiger partial charge in [-0.05, 0) is 29.8 Å². The highest BCUT2D eigenvalue weighted by atomic mass is 16.3. The van der Waals surface area contributed by atoms with Crippen molar-refractivity contribution in [3.63, 3.8) is 0 Å². The molecule has 0 spiro atoms. The van der Waals surface area contributed by atoms with Gasteiger partial charge in [-0.2, -0.15) is 0 Å². The molecule has 5 heteroatoms. The van der Waals surface area contributed by atoms with E-state index in [4.69, 9.17) is 4.42 Å². The van der Waals surface area contributed by atoms with E-state index >= 15 is 0 Å². The fraction of sp³-hybridized carbons (Fsp3) is 0.200. The summed E-state index contributed by atoms with van der Waals surface area (Å²) in [5.41, 5.74) is 2.21. The second-order valence-electron chi connectivity index (χ2n) is 4.68. The third-order valence-corrected chi connectivity index (χ3v) is 3.23. The Kier molecular flexibility index (Phi) is 3.25. The first kappa shape index (κ1) is 12.5. The van der Waals surface area contributed by atoms with E-state index < -0.39 is 0 Å². The molecule has 0 bridgehead atoms. The molecule has 0 aliphatic carbocycles. The number of carbonyl (C=O) groups is 2. The predicted octanol–water partition coefficient (Wildman–Crippen LogP) is 1.75. The average Bonchev–Trinajstić information content (AvgIpc) is 3.05. The van der Waals surface area contributed by atoms with Crippen molar-refractivity contribution in [2.45, 2.75) is 12.8 Å². The van der Waals surface area contributed by atoms with Crippen LogP contribution in [0.15, 0.2) is 41.0 Å². The largest absolute Gasteiger partial charge is 0.469 e. The number of anilines is 1. The smallest absolute Gasteiger partial charge is 0.251 e. The maximum atomic E-state index is 12.0. The van der Waals surface area contributed by atoms with Gasteiger partial charge in [0.05, 0.1) is 12.7 Å². The van der Waals surface area contributed by atoms with Gasteiger partial charge in [0.15, 0.2) is 0 Å². The SMILES string of the molecule is O=C1Cc2ccc(C(=O)NCCc3ccco3)cc2N1. The molecular weight excluding hydrogens is 256 g/mol. The van der Waals surface area contributed by atoms with E-state index in [-0.39, 0.29) is 11.8 Å². The van der Waals surface area contributed by atoms with Gasteiger partial charge in [0, 0.05) is 24.2 Å². The molecule has 0 saturated heterocycles. The molecule has 1 aromatic carbocycles. The summed E-state index contributed by atoms with van der Waals surface area (Å²) in [4.78, 5) is 23.3. The number of hydrogen-bond donors (Lipinski definition) is 2. The Morgan fingerprint density at radius 1 is 1.35 bits per heavy atom. The minimum atomic E-state index is -0.152. The third-order valence-electron chi connectivity index (χ3n) is 3.23. The fourth-order valence-corrected chi connectivity index (χ4v) is 2.21. The molecule has 20 heavy (non-hydrogen) atoms. The van der Waals surface area contributed by atoms with Crippen LogP contribution < -0.4 is 10.6 Å². The van der Waals surface area contributed by atoms with Crippen LogP contribution in [0.4, 0.5) is 5.69 Å². The van der Waals surface area contributed by atoms with Crippen molar-refractivity contribution in [3.05, 3.63) is 53.5 Å². The number of amides is 2. The molecule has 1 aliphatic heterocycles. The van der Waals surface area contributed by atoms with E-state index in [1.54, 1.807) is 18.4 Å². The standard InChI is InChI=1S/C15H14N2O3/c18-14-9-10-3-4-11(8-13(10)17-14)15(19)16-6-5-12-2-1-7-20-12/h1-4,7-8H,5-6,9H2,(H,16,19)(H,17,18). The number of hydrogen-bond acceptors (Lipinski definition) is 3. The monoisotopic (exact) mass is 270 g/mol. The molecule has 0 saturated carbocycles. The van der Waals surface area contributed by atoms with E-state index in [0.29, 0.717) is 24.9 Å². The second-order valence-corrected chi connectivity index (χ2v) is 4.68. The highest BCUT2D eigenvalue weighted by molar-refractivity contribution is 6.02. The van der Waals surface area contributed by atoms with Gasteiger partial charge in [0.2, 0.25) is 5.91 Å².